The maximum atomic E-state index is 14.1. The molecule has 8 aromatic rings. The molecule has 0 aliphatic carbocycles. The number of ether oxygens (including phenoxy) is 3. The average molecular weight is 1280 g/mol. The maximum Gasteiger partial charge on any atom is 0.295 e. The van der Waals surface area contributed by atoms with Gasteiger partial charge in [-0.05, 0) is 146 Å². The van der Waals surface area contributed by atoms with Crippen LogP contribution < -0.4 is 14.2 Å². The first-order chi connectivity index (χ1) is 41.5. The predicted molar refractivity (Wildman–Crippen MR) is 326 cm³/mol. The summed E-state index contributed by atoms with van der Waals surface area (Å²) in [7, 11) is -17.2. The van der Waals surface area contributed by atoms with Gasteiger partial charge in [0, 0.05) is 58.5 Å². The van der Waals surface area contributed by atoms with E-state index in [2.05, 4.69) is 40.9 Å². The molecule has 8 aromatic carbocycles. The first-order valence-corrected chi connectivity index (χ1v) is 32.6. The van der Waals surface area contributed by atoms with Crippen LogP contribution in [0.2, 0.25) is 0 Å². The summed E-state index contributed by atoms with van der Waals surface area (Å²) in [6.07, 6.45) is 0.332. The van der Waals surface area contributed by atoms with Crippen LogP contribution in [0.4, 0.5) is 45.5 Å². The number of aliphatic hydroxyl groups is 1. The molecule has 0 amide bonds. The van der Waals surface area contributed by atoms with Crippen molar-refractivity contribution in [1.29, 1.82) is 0 Å². The Morgan fingerprint density at radius 3 is 1.47 bits per heavy atom. The van der Waals surface area contributed by atoms with E-state index < -0.39 is 62.6 Å². The van der Waals surface area contributed by atoms with Gasteiger partial charge >= 0.3 is 0 Å². The van der Waals surface area contributed by atoms with Crippen LogP contribution in [0.25, 0.3) is 21.5 Å². The fraction of sp³-hybridized carbons (Fsp3) is 0.237. The van der Waals surface area contributed by atoms with Gasteiger partial charge in [0.1, 0.15) is 38.5 Å². The first kappa shape index (κ1) is 65.3. The molecule has 0 heterocycles. The third kappa shape index (κ3) is 16.5. The van der Waals surface area contributed by atoms with E-state index in [9.17, 15) is 61.8 Å². The molecule has 0 aliphatic heterocycles. The monoisotopic (exact) mass is 1280 g/mol. The van der Waals surface area contributed by atoms with Crippen molar-refractivity contribution in [2.24, 2.45) is 40.9 Å². The first-order valence-electron chi connectivity index (χ1n) is 26.6. The van der Waals surface area contributed by atoms with Gasteiger partial charge in [0.25, 0.3) is 40.5 Å². The smallest absolute Gasteiger partial charge is 0.295 e. The number of carbonyl (C=O) groups is 1. The number of aliphatic hydroxyl groups excluding tert-OH is 1. The number of hydrogen-bond acceptors (Lipinski definition) is 21. The third-order valence-corrected chi connectivity index (χ3v) is 16.9. The number of hydrogen-bond donors (Lipinski definition) is 5. The van der Waals surface area contributed by atoms with Gasteiger partial charge < -0.3 is 19.3 Å². The van der Waals surface area contributed by atoms with Crippen molar-refractivity contribution < 1.29 is 76.0 Å². The fourth-order valence-electron chi connectivity index (χ4n) is 9.09. The van der Waals surface area contributed by atoms with Gasteiger partial charge in [-0.3, -0.25) is 23.0 Å². The zero-order chi connectivity index (χ0) is 63.9. The lowest BCUT2D eigenvalue weighted by atomic mass is 9.98. The van der Waals surface area contributed by atoms with E-state index >= 15 is 0 Å². The number of nitrogens with zero attached hydrogens (tertiary/aromatic N) is 8. The van der Waals surface area contributed by atoms with Crippen molar-refractivity contribution in [3.8, 4) is 17.2 Å². The highest BCUT2D eigenvalue weighted by Gasteiger charge is 2.23. The van der Waals surface area contributed by atoms with Crippen LogP contribution in [0.3, 0.4) is 0 Å². The average Bonchev–Trinajstić information content (AvgIpc) is 1.11. The second-order valence-corrected chi connectivity index (χ2v) is 25.9. The molecule has 0 aromatic heterocycles. The van der Waals surface area contributed by atoms with Crippen molar-refractivity contribution >= 4 is 113 Å². The maximum absolute atomic E-state index is 14.1. The molecule has 5 N–H and O–H groups in total. The standard InChI is InChI=1S/C59H58N8O17S4/c1-7-16-83-55-30-51(65-67-54-22-37(5)52(32-57(54)82-6)63-61-43-14-12-38-10-8-11-58(47(38)27-43)87(76,77)78)35(3)19-40(55)23-45(69)24-41-20-34(2)50(31-56(41)84-17-9-18-85(70,71)72)64-66-53-21-36(4)49(26-42(53)33-68)62-60-44-15-13-39-25-46(86(73,74)75)29-59(48(39)28-44)88(79,80)81/h8,10-15,19-22,25-32,68H,7,9,16-18,23-24,33H2,1-6H3,(H,70,71,72)(H,73,74,75)(H,76,77,78)(H,79,80,81). The minimum Gasteiger partial charge on any atom is -0.494 e. The summed E-state index contributed by atoms with van der Waals surface area (Å²) in [4.78, 5) is 12.3. The largest absolute Gasteiger partial charge is 0.494 e. The van der Waals surface area contributed by atoms with Gasteiger partial charge in [0.2, 0.25) is 0 Å². The summed E-state index contributed by atoms with van der Waals surface area (Å²) in [5.74, 6) is 0.0779. The zero-order valence-corrected chi connectivity index (χ0v) is 51.2. The number of benzene rings is 8. The van der Waals surface area contributed by atoms with Crippen molar-refractivity contribution in [3.05, 3.63) is 154 Å². The molecule has 29 heteroatoms. The number of methoxy groups -OCH3 is 1. The van der Waals surface area contributed by atoms with Gasteiger partial charge in [-0.25, -0.2) is 0 Å². The Kier molecular flexibility index (Phi) is 20.2. The van der Waals surface area contributed by atoms with E-state index in [1.165, 1.54) is 55.6 Å². The Labute approximate surface area is 506 Å². The minimum absolute atomic E-state index is 0.0553. The molecule has 0 radical (unpaired) electrons. The van der Waals surface area contributed by atoms with E-state index in [1.807, 2.05) is 6.92 Å². The van der Waals surface area contributed by atoms with Gasteiger partial charge in [-0.15, -0.1) is 5.11 Å². The highest BCUT2D eigenvalue weighted by atomic mass is 32.2. The molecule has 8 rings (SSSR count). The van der Waals surface area contributed by atoms with Crippen molar-refractivity contribution in [2.45, 2.75) is 81.6 Å². The number of rotatable bonds is 25. The molecule has 0 fully saturated rings. The van der Waals surface area contributed by atoms with Gasteiger partial charge in [0.15, 0.2) is 0 Å². The molecule has 0 bridgehead atoms. The lowest BCUT2D eigenvalue weighted by molar-refractivity contribution is -0.117. The Hall–Kier alpha value is -8.65. The fourth-order valence-corrected chi connectivity index (χ4v) is 11.6. The van der Waals surface area contributed by atoms with Gasteiger partial charge in [0.05, 0.1) is 77.4 Å². The second kappa shape index (κ2) is 27.2. The van der Waals surface area contributed by atoms with Crippen LogP contribution in [0.5, 0.6) is 17.2 Å². The quantitative estimate of drug-likeness (QED) is 0.0202. The van der Waals surface area contributed by atoms with E-state index in [4.69, 9.17) is 14.2 Å². The topological polar surface area (TPSA) is 381 Å². The normalized spacial score (nSPS) is 12.6. The van der Waals surface area contributed by atoms with Gasteiger partial charge in [-0.2, -0.15) is 69.5 Å². The van der Waals surface area contributed by atoms with E-state index in [-0.39, 0.29) is 81.1 Å². The van der Waals surface area contributed by atoms with Crippen LogP contribution in [0.15, 0.2) is 171 Å². The van der Waals surface area contributed by atoms with Gasteiger partial charge in [-0.1, -0.05) is 31.2 Å². The van der Waals surface area contributed by atoms with Crippen LogP contribution in [-0.4, -0.2) is 88.8 Å². The Morgan fingerprint density at radius 2 is 0.943 bits per heavy atom. The summed E-state index contributed by atoms with van der Waals surface area (Å²) >= 11 is 0. The molecule has 0 saturated heterocycles. The lowest BCUT2D eigenvalue weighted by Crippen LogP contribution is -2.12. The molecule has 0 saturated carbocycles. The summed E-state index contributed by atoms with van der Waals surface area (Å²) in [5, 5.41) is 46.3. The Morgan fingerprint density at radius 1 is 0.466 bits per heavy atom. The van der Waals surface area contributed by atoms with Crippen LogP contribution in [-0.2, 0) is 64.7 Å². The lowest BCUT2D eigenvalue weighted by Gasteiger charge is -2.15. The van der Waals surface area contributed by atoms with Crippen LogP contribution in [0.1, 0.15) is 58.7 Å². The zero-order valence-electron chi connectivity index (χ0n) is 48.0. The number of aryl methyl sites for hydroxylation is 4. The summed E-state index contributed by atoms with van der Waals surface area (Å²) in [6, 6.07) is 28.1. The Balaban J connectivity index is 1.01. The SMILES string of the molecule is CCCOc1cc(N=Nc2cc(C)c(N=Nc3ccc4cccc(S(=O)(=O)O)c4c3)cc2OC)c(C)cc1CC(=O)Cc1cc(C)c(N=Nc2cc(C)c(N=Nc3ccc4cc(S(=O)(=O)O)cc(S(=O)(=O)O)c4c3)cc2CO)cc1OCCCS(=O)(=O)O. The van der Waals surface area contributed by atoms with Crippen LogP contribution >= 0.6 is 0 Å². The molecule has 0 spiro atoms. The van der Waals surface area contributed by atoms with Crippen molar-refractivity contribution in [1.82, 2.24) is 0 Å². The highest BCUT2D eigenvalue weighted by Crippen LogP contribution is 2.40. The Bertz CT molecular complexity index is 4670. The molecular weight excluding hydrogens is 1220 g/mol. The second-order valence-electron chi connectivity index (χ2n) is 20.2. The summed E-state index contributed by atoms with van der Waals surface area (Å²) in [6.45, 7) is 8.58. The summed E-state index contributed by atoms with van der Waals surface area (Å²) < 4.78 is 152. The van der Waals surface area contributed by atoms with Crippen LogP contribution in [0, 0.1) is 27.7 Å². The molecule has 460 valence electrons. The molecule has 0 atom stereocenters. The number of ketones is 1. The van der Waals surface area contributed by atoms with E-state index in [0.717, 1.165) is 6.07 Å². The number of Topliss-reactive ketones (excluding diaryl/α,β-unsaturated/α-hetero) is 1. The predicted octanol–water partition coefficient (Wildman–Crippen LogP) is 13.9. The number of carbonyl (C=O) groups excluding carboxylic acids is 1. The number of fused-ring (bicyclic) bond motifs is 2. The van der Waals surface area contributed by atoms with E-state index in [0.29, 0.717) is 97.8 Å². The van der Waals surface area contributed by atoms with E-state index in [1.54, 1.807) is 82.3 Å². The molecular formula is C59H58N8O17S4. The molecule has 88 heavy (non-hydrogen) atoms. The molecule has 0 aliphatic rings. The van der Waals surface area contributed by atoms with Crippen molar-refractivity contribution in [2.75, 3.05) is 26.1 Å². The number of azo groups is 4. The highest BCUT2D eigenvalue weighted by molar-refractivity contribution is 7.87. The third-order valence-electron chi connectivity index (χ3n) is 13.5. The summed E-state index contributed by atoms with van der Waals surface area (Å²) in [5.41, 5.74) is 6.16. The minimum atomic E-state index is -4.97. The molecule has 25 nitrogen and oxygen atoms in total. The molecule has 0 unspecified atom stereocenters. The van der Waals surface area contributed by atoms with Crippen molar-refractivity contribution in [3.63, 3.8) is 0 Å².